The number of nitrogens with two attached hydrogens (primary N) is 1. The van der Waals surface area contributed by atoms with Crippen LogP contribution in [0.4, 0.5) is 0 Å². The third-order valence-corrected chi connectivity index (χ3v) is 4.20. The van der Waals surface area contributed by atoms with E-state index in [0.29, 0.717) is 6.61 Å². The monoisotopic (exact) mass is 287 g/mol. The molecule has 2 nitrogen and oxygen atoms in total. The summed E-state index contributed by atoms with van der Waals surface area (Å²) in [5, 5.41) is 0. The van der Waals surface area contributed by atoms with Crippen molar-refractivity contribution in [1.29, 1.82) is 0 Å². The predicted octanol–water partition coefficient (Wildman–Crippen LogP) is 4.19. The minimum absolute atomic E-state index is 0.0389. The number of rotatable bonds is 6. The molecule has 0 spiro atoms. The molecule has 106 valence electrons. The minimum atomic E-state index is 0.0389. The van der Waals surface area contributed by atoms with E-state index in [4.69, 9.17) is 10.5 Å². The first kappa shape index (κ1) is 14.9. The van der Waals surface area contributed by atoms with Crippen LogP contribution in [0.25, 0.3) is 0 Å². The van der Waals surface area contributed by atoms with Crippen LogP contribution in [0.2, 0.25) is 0 Å². The Morgan fingerprint density at radius 2 is 1.70 bits per heavy atom. The van der Waals surface area contributed by atoms with Gasteiger partial charge in [0.1, 0.15) is 5.75 Å². The molecule has 0 aromatic heterocycles. The van der Waals surface area contributed by atoms with E-state index in [9.17, 15) is 0 Å². The molecule has 0 heterocycles. The van der Waals surface area contributed by atoms with Crippen molar-refractivity contribution in [3.8, 4) is 5.75 Å². The average Bonchev–Trinajstić information content (AvgIpc) is 2.47. The molecular formula is C17H21NOS. The number of hydrogen-bond donors (Lipinski definition) is 1. The van der Waals surface area contributed by atoms with Gasteiger partial charge in [-0.1, -0.05) is 29.8 Å². The Balaban J connectivity index is 1.90. The summed E-state index contributed by atoms with van der Waals surface area (Å²) < 4.78 is 5.44. The summed E-state index contributed by atoms with van der Waals surface area (Å²) in [6.07, 6.45) is 0. The van der Waals surface area contributed by atoms with Gasteiger partial charge in [-0.2, -0.15) is 0 Å². The molecule has 0 aliphatic heterocycles. The van der Waals surface area contributed by atoms with Gasteiger partial charge in [0, 0.05) is 16.7 Å². The summed E-state index contributed by atoms with van der Waals surface area (Å²) in [5.74, 6) is 1.77. The van der Waals surface area contributed by atoms with E-state index < -0.39 is 0 Å². The highest BCUT2D eigenvalue weighted by Gasteiger charge is 2.07. The summed E-state index contributed by atoms with van der Waals surface area (Å²) in [6, 6.07) is 16.6. The van der Waals surface area contributed by atoms with E-state index >= 15 is 0 Å². The van der Waals surface area contributed by atoms with E-state index in [1.54, 1.807) is 11.8 Å². The average molecular weight is 287 g/mol. The molecule has 1 atom stereocenters. The zero-order valence-corrected chi connectivity index (χ0v) is 12.8. The molecule has 2 rings (SSSR count). The Morgan fingerprint density at radius 1 is 1.05 bits per heavy atom. The van der Waals surface area contributed by atoms with Crippen molar-refractivity contribution in [1.82, 2.24) is 0 Å². The van der Waals surface area contributed by atoms with E-state index in [0.717, 1.165) is 17.1 Å². The normalized spacial score (nSPS) is 12.2. The molecule has 2 aromatic rings. The molecule has 0 bridgehead atoms. The number of hydrogen-bond acceptors (Lipinski definition) is 3. The Morgan fingerprint density at radius 3 is 2.30 bits per heavy atom. The summed E-state index contributed by atoms with van der Waals surface area (Å²) in [7, 11) is 0. The lowest BCUT2D eigenvalue weighted by Crippen LogP contribution is -2.12. The zero-order chi connectivity index (χ0) is 14.4. The van der Waals surface area contributed by atoms with Crippen molar-refractivity contribution in [2.24, 2.45) is 5.73 Å². The number of benzene rings is 2. The second kappa shape index (κ2) is 7.36. The van der Waals surface area contributed by atoms with Gasteiger partial charge >= 0.3 is 0 Å². The van der Waals surface area contributed by atoms with Crippen LogP contribution in [-0.4, -0.2) is 12.4 Å². The summed E-state index contributed by atoms with van der Waals surface area (Å²) in [6.45, 7) is 4.77. The Bertz CT molecular complexity index is 522. The van der Waals surface area contributed by atoms with Gasteiger partial charge in [-0.3, -0.25) is 0 Å². The second-order valence-electron chi connectivity index (χ2n) is 4.73. The van der Waals surface area contributed by atoms with Crippen molar-refractivity contribution < 1.29 is 4.74 Å². The molecule has 3 heteroatoms. The first-order valence-corrected chi connectivity index (χ1v) is 7.85. The van der Waals surface area contributed by atoms with Crippen LogP contribution in [0.1, 0.15) is 24.1 Å². The molecule has 0 fully saturated rings. The van der Waals surface area contributed by atoms with Gasteiger partial charge in [-0.15, -0.1) is 11.8 Å². The van der Waals surface area contributed by atoms with Crippen molar-refractivity contribution in [3.05, 3.63) is 59.7 Å². The van der Waals surface area contributed by atoms with Crippen LogP contribution in [0.3, 0.4) is 0 Å². The fourth-order valence-electron chi connectivity index (χ4n) is 1.89. The van der Waals surface area contributed by atoms with Crippen molar-refractivity contribution >= 4 is 11.8 Å². The highest BCUT2D eigenvalue weighted by atomic mass is 32.2. The topological polar surface area (TPSA) is 35.2 Å². The first-order valence-electron chi connectivity index (χ1n) is 6.87. The molecule has 2 aromatic carbocycles. The maximum atomic E-state index is 6.24. The summed E-state index contributed by atoms with van der Waals surface area (Å²) in [5.41, 5.74) is 8.66. The Kier molecular flexibility index (Phi) is 5.50. The fraction of sp³-hybridized carbons (Fsp3) is 0.294. The van der Waals surface area contributed by atoms with Gasteiger partial charge in [0.05, 0.1) is 6.61 Å². The number of ether oxygens (including phenoxy) is 1. The second-order valence-corrected chi connectivity index (χ2v) is 5.83. The van der Waals surface area contributed by atoms with Gasteiger partial charge in [0.15, 0.2) is 0 Å². The number of thioether (sulfide) groups is 1. The van der Waals surface area contributed by atoms with Crippen LogP contribution in [0, 0.1) is 6.92 Å². The van der Waals surface area contributed by atoms with Crippen molar-refractivity contribution in [2.75, 3.05) is 12.4 Å². The van der Waals surface area contributed by atoms with Gasteiger partial charge in [-0.05, 0) is 43.7 Å². The van der Waals surface area contributed by atoms with Crippen LogP contribution >= 0.6 is 11.8 Å². The molecule has 20 heavy (non-hydrogen) atoms. The summed E-state index contributed by atoms with van der Waals surface area (Å²) in [4.78, 5) is 1.26. The molecule has 1 unspecified atom stereocenters. The fourth-order valence-corrected chi connectivity index (χ4v) is 2.79. The molecule has 0 saturated heterocycles. The van der Waals surface area contributed by atoms with Gasteiger partial charge in [-0.25, -0.2) is 0 Å². The Labute approximate surface area is 125 Å². The lowest BCUT2D eigenvalue weighted by molar-refractivity contribution is 0.340. The van der Waals surface area contributed by atoms with Crippen LogP contribution in [-0.2, 0) is 0 Å². The van der Waals surface area contributed by atoms with E-state index in [1.807, 2.05) is 31.2 Å². The molecule has 0 amide bonds. The highest BCUT2D eigenvalue weighted by Crippen LogP contribution is 2.24. The summed E-state index contributed by atoms with van der Waals surface area (Å²) >= 11 is 1.79. The standard InChI is InChI=1S/C17H21NOS/c1-3-19-15-8-6-14(7-9-15)17(18)12-20-16-10-4-13(2)5-11-16/h4-11,17H,3,12,18H2,1-2H3. The predicted molar refractivity (Wildman–Crippen MR) is 86.4 cm³/mol. The van der Waals surface area contributed by atoms with Crippen LogP contribution in [0.5, 0.6) is 5.75 Å². The zero-order valence-electron chi connectivity index (χ0n) is 12.0. The minimum Gasteiger partial charge on any atom is -0.494 e. The van der Waals surface area contributed by atoms with Gasteiger partial charge in [0.25, 0.3) is 0 Å². The van der Waals surface area contributed by atoms with Gasteiger partial charge < -0.3 is 10.5 Å². The van der Waals surface area contributed by atoms with Crippen LogP contribution < -0.4 is 10.5 Å². The molecule has 0 saturated carbocycles. The molecule has 2 N–H and O–H groups in total. The van der Waals surface area contributed by atoms with E-state index in [-0.39, 0.29) is 6.04 Å². The lowest BCUT2D eigenvalue weighted by atomic mass is 10.1. The molecular weight excluding hydrogens is 266 g/mol. The third-order valence-electron chi connectivity index (χ3n) is 3.07. The smallest absolute Gasteiger partial charge is 0.119 e. The highest BCUT2D eigenvalue weighted by molar-refractivity contribution is 7.99. The van der Waals surface area contributed by atoms with Crippen LogP contribution in [0.15, 0.2) is 53.4 Å². The van der Waals surface area contributed by atoms with Gasteiger partial charge in [0.2, 0.25) is 0 Å². The Hall–Kier alpha value is -1.45. The first-order chi connectivity index (χ1) is 9.69. The lowest BCUT2D eigenvalue weighted by Gasteiger charge is -2.12. The molecule has 0 aliphatic rings. The molecule has 0 aliphatic carbocycles. The quantitative estimate of drug-likeness (QED) is 0.809. The third kappa shape index (κ3) is 4.29. The maximum Gasteiger partial charge on any atom is 0.119 e. The van der Waals surface area contributed by atoms with Crippen molar-refractivity contribution in [2.45, 2.75) is 24.8 Å². The maximum absolute atomic E-state index is 6.24. The SMILES string of the molecule is CCOc1ccc(C(N)CSc2ccc(C)cc2)cc1. The van der Waals surface area contributed by atoms with E-state index in [2.05, 4.69) is 31.2 Å². The molecule has 0 radical (unpaired) electrons. The van der Waals surface area contributed by atoms with E-state index in [1.165, 1.54) is 10.5 Å². The largest absolute Gasteiger partial charge is 0.494 e. The number of aryl methyl sites for hydroxylation is 1. The van der Waals surface area contributed by atoms with Crippen molar-refractivity contribution in [3.63, 3.8) is 0 Å².